The van der Waals surface area contributed by atoms with E-state index in [0.717, 1.165) is 21.0 Å². The summed E-state index contributed by atoms with van der Waals surface area (Å²) < 4.78 is 39.1. The molecule has 41 heavy (non-hydrogen) atoms. The van der Waals surface area contributed by atoms with E-state index >= 15 is 0 Å². The highest BCUT2D eigenvalue weighted by atomic mass is 32.2. The van der Waals surface area contributed by atoms with Gasteiger partial charge in [0.15, 0.2) is 6.61 Å². The molecule has 1 fully saturated rings. The molecule has 3 aromatic carbocycles. The number of carbonyl (C=O) groups excluding carboxylic acids is 2. The van der Waals surface area contributed by atoms with Gasteiger partial charge in [-0.25, -0.2) is 13.8 Å². The average Bonchev–Trinajstić information content (AvgIpc) is 2.95. The molecule has 11 heteroatoms. The molecule has 1 aliphatic heterocycles. The van der Waals surface area contributed by atoms with Crippen molar-refractivity contribution in [2.24, 2.45) is 5.10 Å². The van der Waals surface area contributed by atoms with E-state index in [1.54, 1.807) is 53.4 Å². The van der Waals surface area contributed by atoms with Gasteiger partial charge in [-0.1, -0.05) is 23.8 Å². The van der Waals surface area contributed by atoms with Gasteiger partial charge in [-0.15, -0.1) is 0 Å². The van der Waals surface area contributed by atoms with Gasteiger partial charge < -0.3 is 14.4 Å². The van der Waals surface area contributed by atoms with Crippen LogP contribution in [0.25, 0.3) is 0 Å². The summed E-state index contributed by atoms with van der Waals surface area (Å²) in [5.74, 6) is -0.170. The summed E-state index contributed by atoms with van der Waals surface area (Å²) in [7, 11) is -4.03. The van der Waals surface area contributed by atoms with Crippen molar-refractivity contribution in [2.75, 3.05) is 43.8 Å². The van der Waals surface area contributed by atoms with Crippen molar-refractivity contribution in [3.05, 3.63) is 89.0 Å². The van der Waals surface area contributed by atoms with Gasteiger partial charge in [0, 0.05) is 13.1 Å². The number of nitrogens with zero attached hydrogens (tertiary/aromatic N) is 3. The summed E-state index contributed by atoms with van der Waals surface area (Å²) in [5, 5.41) is 4.00. The lowest BCUT2D eigenvalue weighted by atomic mass is 10.1. The number of amides is 2. The van der Waals surface area contributed by atoms with Crippen molar-refractivity contribution < 1.29 is 27.5 Å². The first-order chi connectivity index (χ1) is 19.6. The fourth-order valence-corrected chi connectivity index (χ4v) is 5.70. The molecule has 1 saturated heterocycles. The molecule has 0 atom stereocenters. The van der Waals surface area contributed by atoms with Crippen LogP contribution in [0.15, 0.2) is 76.7 Å². The summed E-state index contributed by atoms with van der Waals surface area (Å²) in [5.41, 5.74) is 6.16. The third-order valence-corrected chi connectivity index (χ3v) is 8.19. The molecule has 2 amide bonds. The second-order valence-electron chi connectivity index (χ2n) is 9.81. The number of morpholine rings is 1. The maximum Gasteiger partial charge on any atom is 0.264 e. The molecular formula is C30H34N4O6S. The number of hydrazone groups is 1. The van der Waals surface area contributed by atoms with Gasteiger partial charge in [0.1, 0.15) is 12.3 Å². The van der Waals surface area contributed by atoms with E-state index in [1.807, 2.05) is 26.8 Å². The number of ether oxygens (including phenoxy) is 2. The van der Waals surface area contributed by atoms with Crippen molar-refractivity contribution in [1.82, 2.24) is 10.3 Å². The monoisotopic (exact) mass is 578 g/mol. The van der Waals surface area contributed by atoms with Crippen molar-refractivity contribution >= 4 is 33.7 Å². The quantitative estimate of drug-likeness (QED) is 0.292. The lowest BCUT2D eigenvalue weighted by molar-refractivity contribution is -0.137. The number of hydrogen-bond acceptors (Lipinski definition) is 7. The standard InChI is InChI=1S/C30H34N4O6S/c1-22-4-10-28(11-5-22)41(37,38)34(26-17-23(2)16-24(3)18-26)20-29(35)32-31-19-25-6-8-27(9-7-25)40-21-30(36)33-12-14-39-15-13-33/h4-11,16-19H,12-15,20-21H2,1-3H3,(H,32,35)/b31-19+. The van der Waals surface area contributed by atoms with Crippen LogP contribution in [0.2, 0.25) is 0 Å². The predicted molar refractivity (Wildman–Crippen MR) is 157 cm³/mol. The SMILES string of the molecule is Cc1ccc(S(=O)(=O)N(CC(=O)N/N=C/c2ccc(OCC(=O)N3CCOCC3)cc2)c2cc(C)cc(C)c2)cc1. The van der Waals surface area contributed by atoms with Gasteiger partial charge in [-0.05, 0) is 86.0 Å². The Hall–Kier alpha value is -4.22. The smallest absolute Gasteiger partial charge is 0.264 e. The molecule has 1 aliphatic rings. The Kier molecular flexibility index (Phi) is 9.74. The third kappa shape index (κ3) is 8.15. The highest BCUT2D eigenvalue weighted by molar-refractivity contribution is 7.92. The first kappa shape index (κ1) is 29.8. The van der Waals surface area contributed by atoms with E-state index in [0.29, 0.717) is 43.3 Å². The molecule has 4 rings (SSSR count). The summed E-state index contributed by atoms with van der Waals surface area (Å²) in [6, 6.07) is 18.7. The second kappa shape index (κ2) is 13.4. The topological polar surface area (TPSA) is 118 Å². The van der Waals surface area contributed by atoms with Gasteiger partial charge in [0.05, 0.1) is 30.0 Å². The molecule has 1 heterocycles. The Balaban J connectivity index is 1.39. The summed E-state index contributed by atoms with van der Waals surface area (Å²) in [6.07, 6.45) is 1.44. The van der Waals surface area contributed by atoms with Crippen LogP contribution < -0.4 is 14.5 Å². The summed E-state index contributed by atoms with van der Waals surface area (Å²) in [6.45, 7) is 7.27. The van der Waals surface area contributed by atoms with E-state index in [9.17, 15) is 18.0 Å². The van der Waals surface area contributed by atoms with Crippen molar-refractivity contribution in [1.29, 1.82) is 0 Å². The number of rotatable bonds is 10. The minimum absolute atomic E-state index is 0.0635. The molecule has 3 aromatic rings. The number of anilines is 1. The maximum absolute atomic E-state index is 13.6. The number of benzene rings is 3. The van der Waals surface area contributed by atoms with Gasteiger partial charge in [-0.2, -0.15) is 5.10 Å². The molecule has 0 unspecified atom stereocenters. The van der Waals surface area contributed by atoms with Crippen LogP contribution in [0.4, 0.5) is 5.69 Å². The van der Waals surface area contributed by atoms with Crippen molar-refractivity contribution in [2.45, 2.75) is 25.7 Å². The number of hydrogen-bond donors (Lipinski definition) is 1. The zero-order valence-corrected chi connectivity index (χ0v) is 24.2. The fourth-order valence-electron chi connectivity index (χ4n) is 4.29. The van der Waals surface area contributed by atoms with E-state index < -0.39 is 22.5 Å². The van der Waals surface area contributed by atoms with Crippen LogP contribution >= 0.6 is 0 Å². The van der Waals surface area contributed by atoms with Gasteiger partial charge in [0.25, 0.3) is 21.8 Å². The molecule has 216 valence electrons. The molecule has 0 aromatic heterocycles. The van der Waals surface area contributed by atoms with Crippen LogP contribution in [-0.2, 0) is 24.3 Å². The largest absolute Gasteiger partial charge is 0.484 e. The lowest BCUT2D eigenvalue weighted by Gasteiger charge is -2.26. The highest BCUT2D eigenvalue weighted by Gasteiger charge is 2.27. The van der Waals surface area contributed by atoms with Crippen molar-refractivity contribution in [3.8, 4) is 5.75 Å². The number of aryl methyl sites for hydroxylation is 3. The van der Waals surface area contributed by atoms with E-state index in [1.165, 1.54) is 18.3 Å². The Morgan fingerprint density at radius 3 is 2.22 bits per heavy atom. The minimum Gasteiger partial charge on any atom is -0.484 e. The molecule has 0 saturated carbocycles. The van der Waals surface area contributed by atoms with Crippen LogP contribution in [0, 0.1) is 20.8 Å². The van der Waals surface area contributed by atoms with Gasteiger partial charge in [0.2, 0.25) is 0 Å². The summed E-state index contributed by atoms with van der Waals surface area (Å²) >= 11 is 0. The maximum atomic E-state index is 13.6. The molecule has 0 spiro atoms. The first-order valence-corrected chi connectivity index (χ1v) is 14.6. The molecule has 0 aliphatic carbocycles. The number of sulfonamides is 1. The summed E-state index contributed by atoms with van der Waals surface area (Å²) in [4.78, 5) is 26.9. The Labute approximate surface area is 240 Å². The van der Waals surface area contributed by atoms with E-state index in [2.05, 4.69) is 10.5 Å². The van der Waals surface area contributed by atoms with Gasteiger partial charge in [-0.3, -0.25) is 13.9 Å². The van der Waals surface area contributed by atoms with E-state index in [4.69, 9.17) is 9.47 Å². The van der Waals surface area contributed by atoms with Crippen LogP contribution in [0.1, 0.15) is 22.3 Å². The average molecular weight is 579 g/mol. The number of nitrogens with one attached hydrogen (secondary N) is 1. The second-order valence-corrected chi connectivity index (χ2v) is 11.7. The molecule has 0 radical (unpaired) electrons. The van der Waals surface area contributed by atoms with Crippen molar-refractivity contribution in [3.63, 3.8) is 0 Å². The Morgan fingerprint density at radius 1 is 0.951 bits per heavy atom. The zero-order valence-electron chi connectivity index (χ0n) is 23.4. The molecule has 0 bridgehead atoms. The Morgan fingerprint density at radius 2 is 1.59 bits per heavy atom. The van der Waals surface area contributed by atoms with Crippen LogP contribution in [0.3, 0.4) is 0 Å². The minimum atomic E-state index is -4.03. The third-order valence-electron chi connectivity index (χ3n) is 6.40. The van der Waals surface area contributed by atoms with Gasteiger partial charge >= 0.3 is 0 Å². The molecule has 1 N–H and O–H groups in total. The normalized spacial score (nSPS) is 13.7. The van der Waals surface area contributed by atoms with Crippen LogP contribution in [-0.4, -0.2) is 70.8 Å². The Bertz CT molecular complexity index is 1480. The molecule has 10 nitrogen and oxygen atoms in total. The predicted octanol–water partition coefficient (Wildman–Crippen LogP) is 3.20. The van der Waals surface area contributed by atoms with Crippen LogP contribution in [0.5, 0.6) is 5.75 Å². The fraction of sp³-hybridized carbons (Fsp3) is 0.300. The zero-order chi connectivity index (χ0) is 29.4. The highest BCUT2D eigenvalue weighted by Crippen LogP contribution is 2.26. The molecular weight excluding hydrogens is 544 g/mol. The number of carbonyl (C=O) groups is 2. The van der Waals surface area contributed by atoms with E-state index in [-0.39, 0.29) is 17.4 Å². The lowest BCUT2D eigenvalue weighted by Crippen LogP contribution is -2.42. The first-order valence-electron chi connectivity index (χ1n) is 13.2.